The number of nitrogens with one attached hydrogen (secondary N) is 1. The molecule has 27 heavy (non-hydrogen) atoms. The molecular weight excluding hydrogens is 364 g/mol. The molecule has 1 heterocycles. The summed E-state index contributed by atoms with van der Waals surface area (Å²) in [5.74, 6) is -0.706. The average molecular weight is 387 g/mol. The highest BCUT2D eigenvalue weighted by Gasteiger charge is 2.20. The average Bonchev–Trinajstić information content (AvgIpc) is 2.65. The number of carbonyl (C=O) groups is 2. The van der Waals surface area contributed by atoms with E-state index in [2.05, 4.69) is 15.1 Å². The zero-order valence-corrected chi connectivity index (χ0v) is 15.8. The van der Waals surface area contributed by atoms with Gasteiger partial charge in [0.1, 0.15) is 0 Å². The number of nitrogens with two attached hydrogens (primary N) is 1. The molecule has 142 valence electrons. The Morgan fingerprint density at radius 3 is 2.30 bits per heavy atom. The number of hydrogen-bond acceptors (Lipinski definition) is 4. The lowest BCUT2D eigenvalue weighted by molar-refractivity contribution is -0.117. The van der Waals surface area contributed by atoms with Crippen LogP contribution in [0, 0.1) is 0 Å². The molecule has 7 heteroatoms. The van der Waals surface area contributed by atoms with Crippen molar-refractivity contribution in [2.45, 2.75) is 6.54 Å². The van der Waals surface area contributed by atoms with Gasteiger partial charge < -0.3 is 11.1 Å². The number of carbonyl (C=O) groups excluding carboxylic acids is 2. The third kappa shape index (κ3) is 5.29. The van der Waals surface area contributed by atoms with E-state index in [1.165, 1.54) is 0 Å². The Morgan fingerprint density at radius 2 is 1.59 bits per heavy atom. The van der Waals surface area contributed by atoms with Gasteiger partial charge in [0, 0.05) is 37.7 Å². The van der Waals surface area contributed by atoms with Gasteiger partial charge in [-0.15, -0.1) is 0 Å². The molecular formula is C20H23ClN4O2. The number of anilines is 1. The highest BCUT2D eigenvalue weighted by atomic mass is 35.5. The van der Waals surface area contributed by atoms with E-state index in [-0.39, 0.29) is 12.5 Å². The topological polar surface area (TPSA) is 78.7 Å². The van der Waals surface area contributed by atoms with Crippen molar-refractivity contribution >= 4 is 29.1 Å². The van der Waals surface area contributed by atoms with Crippen LogP contribution in [0.4, 0.5) is 5.69 Å². The maximum atomic E-state index is 12.3. The predicted molar refractivity (Wildman–Crippen MR) is 107 cm³/mol. The van der Waals surface area contributed by atoms with Crippen molar-refractivity contribution in [3.8, 4) is 0 Å². The second-order valence-corrected chi connectivity index (χ2v) is 7.01. The summed E-state index contributed by atoms with van der Waals surface area (Å²) in [5.41, 5.74) is 7.23. The van der Waals surface area contributed by atoms with Crippen molar-refractivity contribution in [2.24, 2.45) is 5.73 Å². The Labute approximate surface area is 163 Å². The molecule has 0 saturated carbocycles. The lowest BCUT2D eigenvalue weighted by Gasteiger charge is -2.34. The van der Waals surface area contributed by atoms with Gasteiger partial charge >= 0.3 is 0 Å². The molecule has 0 spiro atoms. The minimum absolute atomic E-state index is 0.150. The molecule has 2 aromatic carbocycles. The smallest absolute Gasteiger partial charge is 0.250 e. The number of primary amides is 1. The van der Waals surface area contributed by atoms with Crippen molar-refractivity contribution in [1.82, 2.24) is 9.80 Å². The molecule has 0 aromatic heterocycles. The molecule has 6 nitrogen and oxygen atoms in total. The van der Waals surface area contributed by atoms with Gasteiger partial charge in [0.2, 0.25) is 5.91 Å². The van der Waals surface area contributed by atoms with Crippen molar-refractivity contribution in [3.63, 3.8) is 0 Å². The maximum absolute atomic E-state index is 12.3. The van der Waals surface area contributed by atoms with Gasteiger partial charge in [0.25, 0.3) is 5.91 Å². The van der Waals surface area contributed by atoms with Crippen LogP contribution in [0.25, 0.3) is 0 Å². The molecule has 0 aliphatic carbocycles. The van der Waals surface area contributed by atoms with Crippen LogP contribution < -0.4 is 11.1 Å². The standard InChI is InChI=1S/C20H23ClN4O2/c21-17-7-3-1-5-15(17)13-24-9-11-25(12-10-24)14-19(26)23-18-8-4-2-6-16(18)20(22)27/h1-8H,9-14H2,(H2,22,27)(H,23,26). The van der Waals surface area contributed by atoms with Gasteiger partial charge in [-0.2, -0.15) is 0 Å². The minimum atomic E-state index is -0.556. The molecule has 3 rings (SSSR count). The van der Waals surface area contributed by atoms with Gasteiger partial charge in [0.15, 0.2) is 0 Å². The SMILES string of the molecule is NC(=O)c1ccccc1NC(=O)CN1CCN(Cc2ccccc2Cl)CC1. The van der Waals surface area contributed by atoms with E-state index >= 15 is 0 Å². The predicted octanol–water partition coefficient (Wildman–Crippen LogP) is 2.20. The van der Waals surface area contributed by atoms with Gasteiger partial charge in [-0.05, 0) is 23.8 Å². The maximum Gasteiger partial charge on any atom is 0.250 e. The fourth-order valence-electron chi connectivity index (χ4n) is 3.17. The fourth-order valence-corrected chi connectivity index (χ4v) is 3.37. The van der Waals surface area contributed by atoms with Crippen LogP contribution in [-0.2, 0) is 11.3 Å². The number of amides is 2. The molecule has 2 amide bonds. The van der Waals surface area contributed by atoms with Crippen molar-refractivity contribution in [1.29, 1.82) is 0 Å². The zero-order chi connectivity index (χ0) is 19.2. The fraction of sp³-hybridized carbons (Fsp3) is 0.300. The molecule has 2 aromatic rings. The van der Waals surface area contributed by atoms with E-state index in [1.54, 1.807) is 24.3 Å². The molecule has 0 bridgehead atoms. The zero-order valence-electron chi connectivity index (χ0n) is 15.0. The van der Waals surface area contributed by atoms with E-state index in [0.717, 1.165) is 43.3 Å². The molecule has 0 atom stereocenters. The first-order valence-corrected chi connectivity index (χ1v) is 9.27. The number of benzene rings is 2. The monoisotopic (exact) mass is 386 g/mol. The highest BCUT2D eigenvalue weighted by molar-refractivity contribution is 6.31. The Balaban J connectivity index is 1.49. The quantitative estimate of drug-likeness (QED) is 0.797. The van der Waals surface area contributed by atoms with Crippen molar-refractivity contribution < 1.29 is 9.59 Å². The first-order valence-electron chi connectivity index (χ1n) is 8.90. The van der Waals surface area contributed by atoms with Crippen LogP contribution >= 0.6 is 11.6 Å². The molecule has 1 aliphatic rings. The molecule has 3 N–H and O–H groups in total. The summed E-state index contributed by atoms with van der Waals surface area (Å²) >= 11 is 6.23. The Kier molecular flexibility index (Phi) is 6.45. The second kappa shape index (κ2) is 8.99. The van der Waals surface area contributed by atoms with Gasteiger partial charge in [-0.3, -0.25) is 19.4 Å². The van der Waals surface area contributed by atoms with Crippen LogP contribution in [0.1, 0.15) is 15.9 Å². The number of hydrogen-bond donors (Lipinski definition) is 2. The van der Waals surface area contributed by atoms with Crippen molar-refractivity contribution in [3.05, 3.63) is 64.7 Å². The second-order valence-electron chi connectivity index (χ2n) is 6.60. The number of nitrogens with zero attached hydrogens (tertiary/aromatic N) is 2. The van der Waals surface area contributed by atoms with Crippen LogP contribution in [0.3, 0.4) is 0 Å². The molecule has 0 unspecified atom stereocenters. The summed E-state index contributed by atoms with van der Waals surface area (Å²) in [6.07, 6.45) is 0. The largest absolute Gasteiger partial charge is 0.366 e. The summed E-state index contributed by atoms with van der Waals surface area (Å²) in [7, 11) is 0. The molecule has 1 saturated heterocycles. The summed E-state index contributed by atoms with van der Waals surface area (Å²) in [6, 6.07) is 14.6. The number of rotatable bonds is 6. The lowest BCUT2D eigenvalue weighted by Crippen LogP contribution is -2.48. The van der Waals surface area contributed by atoms with Crippen LogP contribution in [0.2, 0.25) is 5.02 Å². The van der Waals surface area contributed by atoms with E-state index in [4.69, 9.17) is 17.3 Å². The van der Waals surface area contributed by atoms with Gasteiger partial charge in [-0.1, -0.05) is 41.9 Å². The van der Waals surface area contributed by atoms with Gasteiger partial charge in [0.05, 0.1) is 17.8 Å². The number of halogens is 1. The normalized spacial score (nSPS) is 15.4. The Morgan fingerprint density at radius 1 is 0.963 bits per heavy atom. The third-order valence-electron chi connectivity index (χ3n) is 4.65. The van der Waals surface area contributed by atoms with Crippen LogP contribution in [-0.4, -0.2) is 54.3 Å². The lowest BCUT2D eigenvalue weighted by atomic mass is 10.1. The molecule has 0 radical (unpaired) electrons. The van der Waals surface area contributed by atoms with E-state index in [9.17, 15) is 9.59 Å². The third-order valence-corrected chi connectivity index (χ3v) is 5.02. The minimum Gasteiger partial charge on any atom is -0.366 e. The summed E-state index contributed by atoms with van der Waals surface area (Å²) in [5, 5.41) is 3.57. The summed E-state index contributed by atoms with van der Waals surface area (Å²) in [6.45, 7) is 4.44. The highest BCUT2D eigenvalue weighted by Crippen LogP contribution is 2.18. The molecule has 1 fully saturated rings. The van der Waals surface area contributed by atoms with E-state index in [1.807, 2.05) is 24.3 Å². The Bertz CT molecular complexity index is 819. The first-order chi connectivity index (χ1) is 13.0. The first kappa shape index (κ1) is 19.4. The van der Waals surface area contributed by atoms with E-state index in [0.29, 0.717) is 11.3 Å². The van der Waals surface area contributed by atoms with Crippen LogP contribution in [0.15, 0.2) is 48.5 Å². The number of piperazine rings is 1. The summed E-state index contributed by atoms with van der Waals surface area (Å²) in [4.78, 5) is 28.2. The number of para-hydroxylation sites is 1. The van der Waals surface area contributed by atoms with E-state index < -0.39 is 5.91 Å². The Hall–Kier alpha value is -2.41. The summed E-state index contributed by atoms with van der Waals surface area (Å²) < 4.78 is 0. The van der Waals surface area contributed by atoms with Crippen LogP contribution in [0.5, 0.6) is 0 Å². The molecule has 1 aliphatic heterocycles. The van der Waals surface area contributed by atoms with Gasteiger partial charge in [-0.25, -0.2) is 0 Å². The van der Waals surface area contributed by atoms with Crippen molar-refractivity contribution in [2.75, 3.05) is 38.0 Å².